The molecular weight excluding hydrogens is 188 g/mol. The van der Waals surface area contributed by atoms with E-state index in [0.29, 0.717) is 5.92 Å². The van der Waals surface area contributed by atoms with Gasteiger partial charge in [-0.25, -0.2) is 13.1 Å². The van der Waals surface area contributed by atoms with E-state index in [0.717, 1.165) is 25.4 Å². The number of nitrogens with one attached hydrogen (secondary N) is 2. The van der Waals surface area contributed by atoms with Crippen LogP contribution in [0.1, 0.15) is 12.8 Å². The number of piperidine rings is 1. The molecule has 1 aliphatic heterocycles. The minimum absolute atomic E-state index is 0.188. The summed E-state index contributed by atoms with van der Waals surface area (Å²) in [4.78, 5) is 0. The van der Waals surface area contributed by atoms with Gasteiger partial charge >= 0.3 is 0 Å². The molecule has 0 aromatic rings. The summed E-state index contributed by atoms with van der Waals surface area (Å²) in [5, 5.41) is 3.30. The molecule has 2 N–H and O–H groups in total. The van der Waals surface area contributed by atoms with Gasteiger partial charge in [-0.2, -0.15) is 0 Å². The van der Waals surface area contributed by atoms with E-state index < -0.39 is 10.0 Å². The molecule has 2 rings (SSSR count). The van der Waals surface area contributed by atoms with E-state index in [4.69, 9.17) is 0 Å². The van der Waals surface area contributed by atoms with Gasteiger partial charge in [-0.1, -0.05) is 0 Å². The Morgan fingerprint density at radius 2 is 2.23 bits per heavy atom. The normalized spacial score (nSPS) is 39.3. The van der Waals surface area contributed by atoms with Crippen LogP contribution in [0.5, 0.6) is 0 Å². The lowest BCUT2D eigenvalue weighted by Gasteiger charge is -2.47. The Kier molecular flexibility index (Phi) is 2.33. The molecule has 0 radical (unpaired) electrons. The molecule has 1 saturated heterocycles. The van der Waals surface area contributed by atoms with E-state index in [-0.39, 0.29) is 6.04 Å². The Hall–Kier alpha value is -0.130. The van der Waals surface area contributed by atoms with Crippen molar-refractivity contribution in [3.63, 3.8) is 0 Å². The first-order valence-electron chi connectivity index (χ1n) is 4.74. The molecule has 0 spiro atoms. The molecule has 1 heterocycles. The maximum absolute atomic E-state index is 11.0. The lowest BCUT2D eigenvalue weighted by atomic mass is 9.66. The van der Waals surface area contributed by atoms with Crippen LogP contribution in [0.2, 0.25) is 0 Å². The molecule has 0 unspecified atom stereocenters. The second-order valence-electron chi connectivity index (χ2n) is 4.15. The summed E-state index contributed by atoms with van der Waals surface area (Å²) in [6.45, 7) is 2.06. The van der Waals surface area contributed by atoms with Gasteiger partial charge in [0.05, 0.1) is 6.26 Å². The van der Waals surface area contributed by atoms with Crippen molar-refractivity contribution in [2.45, 2.75) is 18.9 Å². The van der Waals surface area contributed by atoms with E-state index in [9.17, 15) is 8.42 Å². The molecule has 0 aromatic heterocycles. The van der Waals surface area contributed by atoms with Gasteiger partial charge < -0.3 is 5.32 Å². The van der Waals surface area contributed by atoms with Crippen LogP contribution in [0.4, 0.5) is 0 Å². The van der Waals surface area contributed by atoms with Crippen molar-refractivity contribution in [2.24, 2.45) is 11.8 Å². The zero-order valence-corrected chi connectivity index (χ0v) is 8.60. The zero-order valence-electron chi connectivity index (χ0n) is 7.79. The minimum Gasteiger partial charge on any atom is -0.316 e. The van der Waals surface area contributed by atoms with Crippen molar-refractivity contribution < 1.29 is 8.42 Å². The largest absolute Gasteiger partial charge is 0.316 e. The molecule has 0 amide bonds. The molecule has 3 atom stereocenters. The summed E-state index contributed by atoms with van der Waals surface area (Å²) in [5.74, 6) is 1.28. The highest BCUT2D eigenvalue weighted by molar-refractivity contribution is 7.88. The quantitative estimate of drug-likeness (QED) is 0.639. The second-order valence-corrected chi connectivity index (χ2v) is 5.93. The van der Waals surface area contributed by atoms with Crippen LogP contribution >= 0.6 is 0 Å². The average molecular weight is 204 g/mol. The third kappa shape index (κ3) is 2.03. The smallest absolute Gasteiger partial charge is 0.208 e. The van der Waals surface area contributed by atoms with Gasteiger partial charge in [0.1, 0.15) is 0 Å². The van der Waals surface area contributed by atoms with Gasteiger partial charge in [-0.3, -0.25) is 0 Å². The van der Waals surface area contributed by atoms with Crippen LogP contribution in [0.25, 0.3) is 0 Å². The molecule has 5 heteroatoms. The fourth-order valence-electron chi connectivity index (χ4n) is 2.42. The number of sulfonamides is 1. The molecule has 13 heavy (non-hydrogen) atoms. The Labute approximate surface area is 79.1 Å². The number of rotatable bonds is 2. The van der Waals surface area contributed by atoms with E-state index in [1.54, 1.807) is 0 Å². The van der Waals surface area contributed by atoms with Gasteiger partial charge in [0, 0.05) is 6.04 Å². The number of hydrogen-bond donors (Lipinski definition) is 2. The lowest BCUT2D eigenvalue weighted by Crippen LogP contribution is -2.58. The maximum atomic E-state index is 11.0. The van der Waals surface area contributed by atoms with Gasteiger partial charge in [0.2, 0.25) is 10.0 Å². The summed E-state index contributed by atoms with van der Waals surface area (Å²) in [7, 11) is -3.01. The van der Waals surface area contributed by atoms with Crippen molar-refractivity contribution in [2.75, 3.05) is 19.3 Å². The summed E-state index contributed by atoms with van der Waals surface area (Å²) >= 11 is 0. The maximum Gasteiger partial charge on any atom is 0.208 e. The Balaban J connectivity index is 1.91. The Morgan fingerprint density at radius 3 is 2.85 bits per heavy atom. The van der Waals surface area contributed by atoms with Gasteiger partial charge in [0.15, 0.2) is 0 Å². The molecule has 4 nitrogen and oxygen atoms in total. The van der Waals surface area contributed by atoms with Crippen molar-refractivity contribution in [3.8, 4) is 0 Å². The van der Waals surface area contributed by atoms with Gasteiger partial charge in [0.25, 0.3) is 0 Å². The van der Waals surface area contributed by atoms with Crippen LogP contribution in [-0.4, -0.2) is 33.8 Å². The Morgan fingerprint density at radius 1 is 1.46 bits per heavy atom. The number of fused-ring (bicyclic) bond motifs is 1. The predicted molar refractivity (Wildman–Crippen MR) is 50.9 cm³/mol. The molecule has 2 fully saturated rings. The summed E-state index contributed by atoms with van der Waals surface area (Å²) in [6.07, 6.45) is 3.46. The highest BCUT2D eigenvalue weighted by Crippen LogP contribution is 2.38. The third-order valence-corrected chi connectivity index (χ3v) is 3.85. The zero-order chi connectivity index (χ0) is 9.47. The highest BCUT2D eigenvalue weighted by Gasteiger charge is 2.42. The van der Waals surface area contributed by atoms with E-state index >= 15 is 0 Å². The van der Waals surface area contributed by atoms with Crippen molar-refractivity contribution in [3.05, 3.63) is 0 Å². The van der Waals surface area contributed by atoms with E-state index in [1.807, 2.05) is 0 Å². The molecule has 2 aliphatic rings. The first-order chi connectivity index (χ1) is 6.06. The first kappa shape index (κ1) is 9.43. The lowest BCUT2D eigenvalue weighted by molar-refractivity contribution is 0.0870. The molecule has 0 aromatic carbocycles. The second kappa shape index (κ2) is 3.22. The van der Waals surface area contributed by atoms with Crippen molar-refractivity contribution in [1.82, 2.24) is 10.0 Å². The number of hydrogen-bond acceptors (Lipinski definition) is 3. The van der Waals surface area contributed by atoms with Crippen LogP contribution in [0, 0.1) is 11.8 Å². The molecule has 1 saturated carbocycles. The fourth-order valence-corrected chi connectivity index (χ4v) is 3.24. The van der Waals surface area contributed by atoms with E-state index in [1.165, 1.54) is 12.7 Å². The van der Waals surface area contributed by atoms with Crippen LogP contribution < -0.4 is 10.0 Å². The van der Waals surface area contributed by atoms with Crippen LogP contribution in [0.15, 0.2) is 0 Å². The highest BCUT2D eigenvalue weighted by atomic mass is 32.2. The van der Waals surface area contributed by atoms with Crippen LogP contribution in [0.3, 0.4) is 0 Å². The summed E-state index contributed by atoms with van der Waals surface area (Å²) in [5.41, 5.74) is 0. The van der Waals surface area contributed by atoms with E-state index in [2.05, 4.69) is 10.0 Å². The van der Waals surface area contributed by atoms with Crippen molar-refractivity contribution in [1.29, 1.82) is 0 Å². The summed E-state index contributed by atoms with van der Waals surface area (Å²) < 4.78 is 24.6. The van der Waals surface area contributed by atoms with Crippen molar-refractivity contribution >= 4 is 10.0 Å². The standard InChI is InChI=1S/C8H16N2O2S/c1-13(11,12)10-8-4-6-2-3-9-5-7(6)8/h6-10H,2-5H2,1H3/t6-,7-,8-/m1/s1. The molecule has 76 valence electrons. The molecular formula is C8H16N2O2S. The third-order valence-electron chi connectivity index (χ3n) is 3.12. The molecule has 0 bridgehead atoms. The molecule has 1 aliphatic carbocycles. The van der Waals surface area contributed by atoms with Gasteiger partial charge in [-0.15, -0.1) is 0 Å². The predicted octanol–water partition coefficient (Wildman–Crippen LogP) is -0.466. The topological polar surface area (TPSA) is 58.2 Å². The Bertz CT molecular complexity index is 289. The minimum atomic E-state index is -3.01. The monoisotopic (exact) mass is 204 g/mol. The fraction of sp³-hybridized carbons (Fsp3) is 1.00. The first-order valence-corrected chi connectivity index (χ1v) is 6.63. The summed E-state index contributed by atoms with van der Waals surface area (Å²) in [6, 6.07) is 0.188. The SMILES string of the molecule is CS(=O)(=O)N[C@@H]1C[C@H]2CCNC[C@H]21. The van der Waals surface area contributed by atoms with Gasteiger partial charge in [-0.05, 0) is 37.8 Å². The average Bonchev–Trinajstić information content (AvgIpc) is 1.99. The van der Waals surface area contributed by atoms with Crippen LogP contribution in [-0.2, 0) is 10.0 Å².